The first-order chi connectivity index (χ1) is 14.7. The molecule has 1 atom stereocenters. The van der Waals surface area contributed by atoms with Gasteiger partial charge in [-0.15, -0.1) is 0 Å². The highest BCUT2D eigenvalue weighted by molar-refractivity contribution is 6.09. The first-order valence-electron chi connectivity index (χ1n) is 10.5. The van der Waals surface area contributed by atoms with Crippen molar-refractivity contribution in [1.29, 1.82) is 0 Å². The van der Waals surface area contributed by atoms with E-state index in [4.69, 9.17) is 4.74 Å². The number of likely N-dealkylation sites (tertiary alicyclic amines) is 1. The number of rotatable bonds is 3. The van der Waals surface area contributed by atoms with E-state index in [2.05, 4.69) is 10.6 Å². The number of amides is 3. The SMILES string of the molecule is CC(C)(C)OC(=O)N1CCCC1C(=O)Nc1ccc(-c2ccccc2)c2c1C(=O)NC2. The minimum atomic E-state index is -0.632. The lowest BCUT2D eigenvalue weighted by atomic mass is 9.95. The Kier molecular flexibility index (Phi) is 5.43. The van der Waals surface area contributed by atoms with Crippen molar-refractivity contribution in [2.75, 3.05) is 11.9 Å². The summed E-state index contributed by atoms with van der Waals surface area (Å²) in [5.74, 6) is -0.517. The van der Waals surface area contributed by atoms with Gasteiger partial charge in [0.1, 0.15) is 11.6 Å². The molecule has 162 valence electrons. The Labute approximate surface area is 181 Å². The van der Waals surface area contributed by atoms with Crippen molar-refractivity contribution >= 4 is 23.6 Å². The first-order valence-corrected chi connectivity index (χ1v) is 10.5. The second kappa shape index (κ2) is 8.06. The molecule has 1 fully saturated rings. The van der Waals surface area contributed by atoms with E-state index in [-0.39, 0.29) is 11.8 Å². The quantitative estimate of drug-likeness (QED) is 0.786. The molecule has 0 radical (unpaired) electrons. The molecule has 1 saturated heterocycles. The van der Waals surface area contributed by atoms with Crippen molar-refractivity contribution < 1.29 is 19.1 Å². The van der Waals surface area contributed by atoms with Crippen LogP contribution in [0, 0.1) is 0 Å². The average molecular weight is 421 g/mol. The molecular weight excluding hydrogens is 394 g/mol. The number of nitrogens with zero attached hydrogens (tertiary/aromatic N) is 1. The largest absolute Gasteiger partial charge is 0.444 e. The van der Waals surface area contributed by atoms with Crippen LogP contribution in [0.4, 0.5) is 10.5 Å². The summed E-state index contributed by atoms with van der Waals surface area (Å²) in [6.07, 6.45) is 0.789. The molecule has 2 aliphatic heterocycles. The van der Waals surface area contributed by atoms with Crippen LogP contribution in [0.15, 0.2) is 42.5 Å². The van der Waals surface area contributed by atoms with Crippen LogP contribution in [0.5, 0.6) is 0 Å². The van der Waals surface area contributed by atoms with E-state index in [0.717, 1.165) is 23.1 Å². The van der Waals surface area contributed by atoms with Gasteiger partial charge in [-0.2, -0.15) is 0 Å². The van der Waals surface area contributed by atoms with Gasteiger partial charge in [0.25, 0.3) is 5.91 Å². The van der Waals surface area contributed by atoms with Crippen LogP contribution in [0.2, 0.25) is 0 Å². The maximum Gasteiger partial charge on any atom is 0.410 e. The lowest BCUT2D eigenvalue weighted by Gasteiger charge is -2.28. The fourth-order valence-electron chi connectivity index (χ4n) is 4.13. The lowest BCUT2D eigenvalue weighted by molar-refractivity contribution is -0.120. The molecule has 1 unspecified atom stereocenters. The van der Waals surface area contributed by atoms with Crippen molar-refractivity contribution in [3.05, 3.63) is 53.6 Å². The summed E-state index contributed by atoms with van der Waals surface area (Å²) >= 11 is 0. The maximum absolute atomic E-state index is 13.1. The Morgan fingerprint density at radius 2 is 1.87 bits per heavy atom. The molecule has 0 aliphatic carbocycles. The minimum absolute atomic E-state index is 0.210. The van der Waals surface area contributed by atoms with Crippen LogP contribution in [-0.2, 0) is 16.1 Å². The van der Waals surface area contributed by atoms with Crippen molar-refractivity contribution in [1.82, 2.24) is 10.2 Å². The normalized spacial score (nSPS) is 17.8. The average Bonchev–Trinajstić information content (AvgIpc) is 3.35. The number of ether oxygens (including phenoxy) is 1. The second-order valence-corrected chi connectivity index (χ2v) is 8.88. The summed E-state index contributed by atoms with van der Waals surface area (Å²) in [5, 5.41) is 5.75. The van der Waals surface area contributed by atoms with Crippen LogP contribution >= 0.6 is 0 Å². The topological polar surface area (TPSA) is 87.7 Å². The number of anilines is 1. The smallest absolute Gasteiger partial charge is 0.410 e. The molecule has 0 saturated carbocycles. The van der Waals surface area contributed by atoms with Crippen molar-refractivity contribution in [3.63, 3.8) is 0 Å². The predicted octanol–water partition coefficient (Wildman–Crippen LogP) is 3.94. The molecule has 31 heavy (non-hydrogen) atoms. The zero-order valence-corrected chi connectivity index (χ0v) is 18.0. The fraction of sp³-hybridized carbons (Fsp3) is 0.375. The van der Waals surface area contributed by atoms with Gasteiger partial charge in [0.15, 0.2) is 0 Å². The van der Waals surface area contributed by atoms with E-state index in [1.165, 1.54) is 4.90 Å². The molecular formula is C24H27N3O4. The van der Waals surface area contributed by atoms with Gasteiger partial charge in [-0.1, -0.05) is 36.4 Å². The van der Waals surface area contributed by atoms with Crippen LogP contribution in [0.1, 0.15) is 49.5 Å². The Hall–Kier alpha value is -3.35. The monoisotopic (exact) mass is 421 g/mol. The highest BCUT2D eigenvalue weighted by Crippen LogP contribution is 2.34. The zero-order chi connectivity index (χ0) is 22.2. The van der Waals surface area contributed by atoms with Gasteiger partial charge in [0.05, 0.1) is 11.3 Å². The predicted molar refractivity (Wildman–Crippen MR) is 118 cm³/mol. The van der Waals surface area contributed by atoms with E-state index < -0.39 is 17.7 Å². The summed E-state index contributed by atoms with van der Waals surface area (Å²) < 4.78 is 5.45. The van der Waals surface area contributed by atoms with E-state index in [1.807, 2.05) is 36.4 Å². The fourth-order valence-corrected chi connectivity index (χ4v) is 4.13. The van der Waals surface area contributed by atoms with Gasteiger partial charge in [-0.3, -0.25) is 14.5 Å². The third kappa shape index (κ3) is 4.26. The van der Waals surface area contributed by atoms with Gasteiger partial charge in [0.2, 0.25) is 5.91 Å². The summed E-state index contributed by atoms with van der Waals surface area (Å²) in [6.45, 7) is 6.28. The van der Waals surface area contributed by atoms with Gasteiger partial charge in [-0.05, 0) is 56.4 Å². The number of fused-ring (bicyclic) bond motifs is 1. The summed E-state index contributed by atoms with van der Waals surface area (Å²) in [7, 11) is 0. The van der Waals surface area contributed by atoms with Crippen LogP contribution < -0.4 is 10.6 Å². The van der Waals surface area contributed by atoms with Crippen molar-refractivity contribution in [2.45, 2.75) is 51.8 Å². The van der Waals surface area contributed by atoms with Gasteiger partial charge in [0, 0.05) is 13.1 Å². The molecule has 2 aromatic carbocycles. The maximum atomic E-state index is 13.1. The minimum Gasteiger partial charge on any atom is -0.444 e. The Bertz CT molecular complexity index is 1030. The molecule has 2 heterocycles. The third-order valence-electron chi connectivity index (χ3n) is 5.49. The zero-order valence-electron chi connectivity index (χ0n) is 18.0. The number of carbonyl (C=O) groups is 3. The molecule has 2 N–H and O–H groups in total. The number of hydrogen-bond donors (Lipinski definition) is 2. The van der Waals surface area contributed by atoms with Gasteiger partial charge in [-0.25, -0.2) is 4.79 Å². The van der Waals surface area contributed by atoms with E-state index in [1.54, 1.807) is 26.8 Å². The van der Waals surface area contributed by atoms with Crippen LogP contribution in [-0.4, -0.2) is 41.0 Å². The molecule has 2 aliphatic rings. The molecule has 0 aromatic heterocycles. The number of hydrogen-bond acceptors (Lipinski definition) is 4. The van der Waals surface area contributed by atoms with E-state index >= 15 is 0 Å². The lowest BCUT2D eigenvalue weighted by Crippen LogP contribution is -2.45. The molecule has 2 aromatic rings. The van der Waals surface area contributed by atoms with Crippen molar-refractivity contribution in [3.8, 4) is 11.1 Å². The van der Waals surface area contributed by atoms with Gasteiger partial charge < -0.3 is 15.4 Å². The molecule has 7 heteroatoms. The summed E-state index contributed by atoms with van der Waals surface area (Å²) in [4.78, 5) is 39.6. The van der Waals surface area contributed by atoms with Crippen LogP contribution in [0.3, 0.4) is 0 Å². The number of nitrogens with one attached hydrogen (secondary N) is 2. The Balaban J connectivity index is 1.58. The number of carbonyl (C=O) groups excluding carboxylic acids is 3. The summed E-state index contributed by atoms with van der Waals surface area (Å²) in [6, 6.07) is 12.9. The molecule has 3 amide bonds. The van der Waals surface area contributed by atoms with Gasteiger partial charge >= 0.3 is 6.09 Å². The second-order valence-electron chi connectivity index (χ2n) is 8.88. The number of benzene rings is 2. The molecule has 4 rings (SSSR count). The van der Waals surface area contributed by atoms with Crippen molar-refractivity contribution in [2.24, 2.45) is 0 Å². The highest BCUT2D eigenvalue weighted by Gasteiger charge is 2.37. The highest BCUT2D eigenvalue weighted by atomic mass is 16.6. The molecule has 0 spiro atoms. The molecule has 0 bridgehead atoms. The van der Waals surface area contributed by atoms with Crippen LogP contribution in [0.25, 0.3) is 11.1 Å². The van der Waals surface area contributed by atoms with E-state index in [0.29, 0.717) is 30.8 Å². The Morgan fingerprint density at radius 3 is 2.58 bits per heavy atom. The standard InChI is InChI=1S/C24H27N3O4/c1-24(2,3)31-23(30)27-13-7-10-19(27)21(28)26-18-12-11-16(15-8-5-4-6-9-15)17-14-25-22(29)20(17)18/h4-6,8-9,11-12,19H,7,10,13-14H2,1-3H3,(H,25,29)(H,26,28). The summed E-state index contributed by atoms with van der Waals surface area (Å²) in [5.41, 5.74) is 3.15. The first kappa shape index (κ1) is 20.9. The molecule has 7 nitrogen and oxygen atoms in total. The van der Waals surface area contributed by atoms with E-state index in [9.17, 15) is 14.4 Å². The Morgan fingerprint density at radius 1 is 1.13 bits per heavy atom. The third-order valence-corrected chi connectivity index (χ3v) is 5.49.